The monoisotopic (exact) mass is 541 g/mol. The molecule has 4 aliphatic heterocycles. The number of aliphatic hydroxyl groups excluding tert-OH is 1. The number of hydrogen-bond donors (Lipinski definition) is 2. The van der Waals surface area contributed by atoms with E-state index in [4.69, 9.17) is 4.98 Å². The van der Waals surface area contributed by atoms with E-state index in [0.717, 1.165) is 54.8 Å². The van der Waals surface area contributed by atoms with Gasteiger partial charge in [-0.1, -0.05) is 6.92 Å². The van der Waals surface area contributed by atoms with Crippen LogP contribution in [0.2, 0.25) is 0 Å². The molecule has 2 bridgehead atoms. The largest absolute Gasteiger partial charge is 0.387 e. The summed E-state index contributed by atoms with van der Waals surface area (Å²) in [5.41, 5.74) is 4.36. The van der Waals surface area contributed by atoms with E-state index in [1.54, 1.807) is 9.20 Å². The van der Waals surface area contributed by atoms with Crippen molar-refractivity contribution in [2.24, 2.45) is 7.05 Å². The van der Waals surface area contributed by atoms with Crippen molar-refractivity contribution in [3.63, 3.8) is 0 Å². The molecule has 11 heteroatoms. The molecule has 2 saturated heterocycles. The van der Waals surface area contributed by atoms with Crippen LogP contribution in [-0.4, -0.2) is 71.3 Å². The molecule has 3 atom stereocenters. The van der Waals surface area contributed by atoms with Crippen LogP contribution in [0.4, 0.5) is 5.82 Å². The van der Waals surface area contributed by atoms with Gasteiger partial charge in [0.15, 0.2) is 17.1 Å². The SMILES string of the molecule is CCC1(c2nc3c(C4C#[N+]C(c5ccn(C)n5)=CC4)cnn3c3c2C(=O)CCN3)CC2CCC(C1)N2C(=O)CO. The number of fused-ring (bicyclic) bond motifs is 5. The fraction of sp³-hybridized carbons (Fsp3) is 0.517. The zero-order valence-corrected chi connectivity index (χ0v) is 22.8. The number of Topliss-reactive ketones (excluding diaryl/α,β-unsaturated/α-hetero) is 1. The standard InChI is InChI=1S/C29H32N8O3/c1-3-29(12-18-5-6-19(13-29)36(18)24(40)16-38)26-25-23(39)8-10-30-28(25)37-27(33-26)20(15-32-37)17-4-7-21(31-14-17)22-9-11-35(2)34-22/h7,9,11,15,17-19,38H,3-6,8,10,12-13,16H2,1-2H3/p+1. The van der Waals surface area contributed by atoms with Gasteiger partial charge in [-0.15, -0.1) is 0 Å². The number of aryl methyl sites for hydroxylation is 1. The fourth-order valence-electron chi connectivity index (χ4n) is 7.36. The van der Waals surface area contributed by atoms with Crippen LogP contribution in [0.3, 0.4) is 0 Å². The molecule has 0 aromatic carbocycles. The Morgan fingerprint density at radius 2 is 2.10 bits per heavy atom. The van der Waals surface area contributed by atoms with Gasteiger partial charge in [-0.05, 0) is 49.4 Å². The number of aliphatic hydroxyl groups is 1. The second kappa shape index (κ2) is 9.27. The third-order valence-corrected chi connectivity index (χ3v) is 9.31. The maximum Gasteiger partial charge on any atom is 0.363 e. The maximum absolute atomic E-state index is 13.5. The number of ketones is 1. The molecule has 7 heterocycles. The molecule has 0 radical (unpaired) electrons. The normalized spacial score (nSPS) is 27.2. The fourth-order valence-corrected chi connectivity index (χ4v) is 7.36. The molecule has 0 spiro atoms. The topological polar surface area (TPSA) is 122 Å². The van der Waals surface area contributed by atoms with Crippen molar-refractivity contribution < 1.29 is 14.7 Å². The molecule has 3 aromatic heterocycles. The Balaban J connectivity index is 1.33. The summed E-state index contributed by atoms with van der Waals surface area (Å²) in [6.07, 6.45) is 11.0. The Morgan fingerprint density at radius 1 is 1.30 bits per heavy atom. The first kappa shape index (κ1) is 25.0. The molecule has 206 valence electrons. The number of piperidine rings is 1. The number of carbonyl (C=O) groups excluding carboxylic acids is 2. The smallest absolute Gasteiger partial charge is 0.363 e. The van der Waals surface area contributed by atoms with Gasteiger partial charge in [0.1, 0.15) is 18.3 Å². The Kier molecular flexibility index (Phi) is 5.78. The molecule has 0 aliphatic carbocycles. The lowest BCUT2D eigenvalue weighted by molar-refractivity contribution is -0.139. The third kappa shape index (κ3) is 3.69. The van der Waals surface area contributed by atoms with Crippen LogP contribution in [-0.2, 0) is 17.3 Å². The molecule has 11 nitrogen and oxygen atoms in total. The van der Waals surface area contributed by atoms with Crippen LogP contribution in [0.15, 0.2) is 24.5 Å². The van der Waals surface area contributed by atoms with E-state index < -0.39 is 6.61 Å². The van der Waals surface area contributed by atoms with E-state index in [9.17, 15) is 14.7 Å². The Morgan fingerprint density at radius 3 is 2.75 bits per heavy atom. The number of allylic oxidation sites excluding steroid dienone is 1. The number of rotatable bonds is 5. The van der Waals surface area contributed by atoms with Crippen molar-refractivity contribution in [3.05, 3.63) is 51.9 Å². The summed E-state index contributed by atoms with van der Waals surface area (Å²) in [6, 6.07) is 5.31. The van der Waals surface area contributed by atoms with Crippen molar-refractivity contribution in [1.82, 2.24) is 29.3 Å². The van der Waals surface area contributed by atoms with Gasteiger partial charge in [-0.25, -0.2) is 4.98 Å². The summed E-state index contributed by atoms with van der Waals surface area (Å²) in [6.45, 7) is 2.24. The van der Waals surface area contributed by atoms with Crippen molar-refractivity contribution in [1.29, 1.82) is 0 Å². The summed E-state index contributed by atoms with van der Waals surface area (Å²) in [4.78, 5) is 37.8. The van der Waals surface area contributed by atoms with E-state index >= 15 is 0 Å². The first-order valence-corrected chi connectivity index (χ1v) is 14.2. The Labute approximate surface area is 231 Å². The molecule has 2 N–H and O–H groups in total. The first-order valence-electron chi connectivity index (χ1n) is 14.2. The van der Waals surface area contributed by atoms with Gasteiger partial charge >= 0.3 is 5.70 Å². The number of amides is 1. The molecule has 1 amide bonds. The second-order valence-corrected chi connectivity index (χ2v) is 11.5. The molecule has 0 saturated carbocycles. The lowest BCUT2D eigenvalue weighted by Crippen LogP contribution is -2.53. The highest BCUT2D eigenvalue weighted by Crippen LogP contribution is 2.51. The zero-order valence-electron chi connectivity index (χ0n) is 22.8. The minimum absolute atomic E-state index is 0.0389. The first-order chi connectivity index (χ1) is 19.4. The molecule has 40 heavy (non-hydrogen) atoms. The van der Waals surface area contributed by atoms with Gasteiger partial charge in [0.2, 0.25) is 5.91 Å². The van der Waals surface area contributed by atoms with Crippen LogP contribution in [0.5, 0.6) is 0 Å². The summed E-state index contributed by atoms with van der Waals surface area (Å²) >= 11 is 0. The van der Waals surface area contributed by atoms with Gasteiger partial charge in [0.25, 0.3) is 6.07 Å². The third-order valence-electron chi connectivity index (χ3n) is 9.31. The lowest BCUT2D eigenvalue weighted by atomic mass is 9.68. The van der Waals surface area contributed by atoms with E-state index in [1.165, 1.54) is 0 Å². The van der Waals surface area contributed by atoms with Crippen LogP contribution in [0.1, 0.15) is 85.1 Å². The van der Waals surface area contributed by atoms with E-state index in [-0.39, 0.29) is 35.1 Å². The second-order valence-electron chi connectivity index (χ2n) is 11.5. The van der Waals surface area contributed by atoms with Crippen molar-refractivity contribution in [2.75, 3.05) is 18.5 Å². The van der Waals surface area contributed by atoms with E-state index in [2.05, 4.69) is 39.4 Å². The van der Waals surface area contributed by atoms with Gasteiger partial charge in [0, 0.05) is 55.3 Å². The highest BCUT2D eigenvalue weighted by molar-refractivity contribution is 6.04. The summed E-state index contributed by atoms with van der Waals surface area (Å²) in [5, 5.41) is 22.2. The van der Waals surface area contributed by atoms with Crippen LogP contribution in [0, 0.1) is 6.07 Å². The minimum atomic E-state index is -0.469. The molecule has 3 aromatic rings. The molecular weight excluding hydrogens is 508 g/mol. The summed E-state index contributed by atoms with van der Waals surface area (Å²) in [7, 11) is 1.88. The number of aromatic nitrogens is 5. The van der Waals surface area contributed by atoms with E-state index in [1.807, 2.05) is 30.4 Å². The van der Waals surface area contributed by atoms with Crippen LogP contribution >= 0.6 is 0 Å². The van der Waals surface area contributed by atoms with Crippen molar-refractivity contribution in [2.45, 2.75) is 75.3 Å². The van der Waals surface area contributed by atoms with Crippen molar-refractivity contribution in [3.8, 4) is 6.07 Å². The number of anilines is 1. The highest BCUT2D eigenvalue weighted by Gasteiger charge is 2.52. The Bertz CT molecular complexity index is 1630. The average Bonchev–Trinajstić information content (AvgIpc) is 3.68. The predicted molar refractivity (Wildman–Crippen MR) is 148 cm³/mol. The van der Waals surface area contributed by atoms with Crippen molar-refractivity contribution >= 4 is 28.9 Å². The maximum atomic E-state index is 13.5. The van der Waals surface area contributed by atoms with Gasteiger partial charge in [-0.2, -0.15) is 14.7 Å². The van der Waals surface area contributed by atoms with Gasteiger partial charge in [0.05, 0.1) is 17.5 Å². The minimum Gasteiger partial charge on any atom is -0.387 e. The number of carbonyl (C=O) groups is 2. The molecule has 4 aliphatic rings. The number of hydrogen-bond acceptors (Lipinski definition) is 7. The predicted octanol–water partition coefficient (Wildman–Crippen LogP) is 3.12. The summed E-state index contributed by atoms with van der Waals surface area (Å²) < 4.78 is 3.53. The summed E-state index contributed by atoms with van der Waals surface area (Å²) in [5.74, 6) is 0.455. The van der Waals surface area contributed by atoms with E-state index in [0.29, 0.717) is 36.4 Å². The molecule has 3 unspecified atom stereocenters. The quantitative estimate of drug-likeness (QED) is 0.509. The molecular formula is C29H33N8O3+. The lowest BCUT2D eigenvalue weighted by Gasteiger charge is -2.46. The van der Waals surface area contributed by atoms with Crippen LogP contribution < -0.4 is 5.32 Å². The van der Waals surface area contributed by atoms with Crippen LogP contribution in [0.25, 0.3) is 16.2 Å². The average molecular weight is 542 g/mol. The number of nitrogens with one attached hydrogen (secondary N) is 1. The number of nitrogens with zero attached hydrogens (tertiary/aromatic N) is 7. The van der Waals surface area contributed by atoms with Gasteiger partial charge in [-0.3, -0.25) is 14.3 Å². The highest BCUT2D eigenvalue weighted by atomic mass is 16.3. The van der Waals surface area contributed by atoms with Gasteiger partial charge < -0.3 is 15.3 Å². The zero-order chi connectivity index (χ0) is 27.6. The molecule has 2 fully saturated rings. The molecule has 7 rings (SSSR count). The Hall–Kier alpha value is -4.04.